The lowest BCUT2D eigenvalue weighted by Gasteiger charge is -2.27. The van der Waals surface area contributed by atoms with Gasteiger partial charge < -0.3 is 9.47 Å². The first-order valence-electron chi connectivity index (χ1n) is 5.55. The second-order valence-electron chi connectivity index (χ2n) is 3.84. The molecule has 0 radical (unpaired) electrons. The molecule has 0 bridgehead atoms. The molecule has 1 fully saturated rings. The highest BCUT2D eigenvalue weighted by Crippen LogP contribution is 2.23. The van der Waals surface area contributed by atoms with Crippen molar-refractivity contribution in [3.8, 4) is 0 Å². The van der Waals surface area contributed by atoms with Gasteiger partial charge in [-0.15, -0.1) is 0 Å². The van der Waals surface area contributed by atoms with E-state index in [0.717, 1.165) is 31.0 Å². The molecule has 0 saturated carbocycles. The van der Waals surface area contributed by atoms with Crippen molar-refractivity contribution < 1.29 is 19.1 Å². The summed E-state index contributed by atoms with van der Waals surface area (Å²) in [4.78, 5) is 22.3. The number of thioether (sulfide) groups is 1. The van der Waals surface area contributed by atoms with Crippen LogP contribution in [0.2, 0.25) is 0 Å². The summed E-state index contributed by atoms with van der Waals surface area (Å²) in [6.07, 6.45) is 2.55. The highest BCUT2D eigenvalue weighted by Gasteiger charge is 2.28. The van der Waals surface area contributed by atoms with Gasteiger partial charge in [-0.1, -0.05) is 6.92 Å². The van der Waals surface area contributed by atoms with Crippen LogP contribution in [0.25, 0.3) is 0 Å². The van der Waals surface area contributed by atoms with Crippen LogP contribution >= 0.6 is 11.8 Å². The Hall–Kier alpha value is -0.550. The van der Waals surface area contributed by atoms with Gasteiger partial charge in [0.1, 0.15) is 5.94 Å². The van der Waals surface area contributed by atoms with Gasteiger partial charge in [0.15, 0.2) is 5.12 Å². The SMILES string of the molecule is CCC1CC(C(=O)OCSC(C)=O)CCO1. The van der Waals surface area contributed by atoms with Crippen molar-refractivity contribution in [3.05, 3.63) is 0 Å². The van der Waals surface area contributed by atoms with Crippen LogP contribution in [0.15, 0.2) is 0 Å². The van der Waals surface area contributed by atoms with Crippen LogP contribution in [0.4, 0.5) is 0 Å². The van der Waals surface area contributed by atoms with Crippen molar-refractivity contribution in [2.75, 3.05) is 12.5 Å². The maximum atomic E-state index is 11.6. The minimum absolute atomic E-state index is 0.0359. The molecule has 2 atom stereocenters. The molecule has 1 rings (SSSR count). The average molecular weight is 246 g/mol. The maximum absolute atomic E-state index is 11.6. The molecule has 16 heavy (non-hydrogen) atoms. The molecule has 5 heteroatoms. The lowest BCUT2D eigenvalue weighted by atomic mass is 9.95. The second-order valence-corrected chi connectivity index (χ2v) is 4.94. The Morgan fingerprint density at radius 2 is 2.25 bits per heavy atom. The first-order chi connectivity index (χ1) is 7.63. The Morgan fingerprint density at radius 1 is 1.50 bits per heavy atom. The maximum Gasteiger partial charge on any atom is 0.309 e. The van der Waals surface area contributed by atoms with Gasteiger partial charge in [-0.2, -0.15) is 0 Å². The lowest BCUT2D eigenvalue weighted by Crippen LogP contribution is -2.31. The quantitative estimate of drug-likeness (QED) is 0.560. The monoisotopic (exact) mass is 246 g/mol. The fraction of sp³-hybridized carbons (Fsp3) is 0.818. The minimum atomic E-state index is -0.199. The molecule has 1 saturated heterocycles. The van der Waals surface area contributed by atoms with E-state index in [-0.39, 0.29) is 29.0 Å². The smallest absolute Gasteiger partial charge is 0.309 e. The third-order valence-corrected chi connectivity index (χ3v) is 3.26. The molecule has 0 N–H and O–H groups in total. The first kappa shape index (κ1) is 13.5. The molecule has 0 spiro atoms. The summed E-state index contributed by atoms with van der Waals surface area (Å²) in [6, 6.07) is 0. The zero-order valence-electron chi connectivity index (χ0n) is 9.73. The van der Waals surface area contributed by atoms with E-state index >= 15 is 0 Å². The Labute approximate surface area is 100 Å². The van der Waals surface area contributed by atoms with E-state index < -0.39 is 0 Å². The zero-order valence-corrected chi connectivity index (χ0v) is 10.5. The van der Waals surface area contributed by atoms with Crippen molar-refractivity contribution >= 4 is 22.8 Å². The predicted molar refractivity (Wildman–Crippen MR) is 62.0 cm³/mol. The molecule has 0 aromatic carbocycles. The number of ether oxygens (including phenoxy) is 2. The van der Waals surface area contributed by atoms with E-state index in [1.54, 1.807) is 0 Å². The molecule has 1 heterocycles. The number of carbonyl (C=O) groups excluding carboxylic acids is 2. The van der Waals surface area contributed by atoms with Crippen LogP contribution in [0, 0.1) is 5.92 Å². The number of hydrogen-bond donors (Lipinski definition) is 0. The molecule has 0 aromatic heterocycles. The number of carbonyl (C=O) groups is 2. The van der Waals surface area contributed by atoms with Crippen molar-refractivity contribution in [2.24, 2.45) is 5.92 Å². The molecule has 0 amide bonds. The topological polar surface area (TPSA) is 52.6 Å². The Balaban J connectivity index is 2.27. The van der Waals surface area contributed by atoms with Gasteiger partial charge in [0.25, 0.3) is 0 Å². The zero-order chi connectivity index (χ0) is 12.0. The van der Waals surface area contributed by atoms with E-state index in [2.05, 4.69) is 0 Å². The molecular weight excluding hydrogens is 228 g/mol. The van der Waals surface area contributed by atoms with E-state index in [1.807, 2.05) is 6.92 Å². The van der Waals surface area contributed by atoms with E-state index in [0.29, 0.717) is 6.61 Å². The van der Waals surface area contributed by atoms with E-state index in [9.17, 15) is 9.59 Å². The lowest BCUT2D eigenvalue weighted by molar-refractivity contribution is -0.151. The van der Waals surface area contributed by atoms with Crippen molar-refractivity contribution in [1.82, 2.24) is 0 Å². The van der Waals surface area contributed by atoms with Crippen LogP contribution < -0.4 is 0 Å². The average Bonchev–Trinajstić information content (AvgIpc) is 2.28. The molecule has 0 aliphatic carbocycles. The third kappa shape index (κ3) is 4.53. The number of rotatable bonds is 4. The summed E-state index contributed by atoms with van der Waals surface area (Å²) in [7, 11) is 0. The van der Waals surface area contributed by atoms with Gasteiger partial charge in [-0.05, 0) is 31.0 Å². The first-order valence-corrected chi connectivity index (χ1v) is 6.53. The Kier molecular flexibility index (Phi) is 5.84. The van der Waals surface area contributed by atoms with Crippen molar-refractivity contribution in [3.63, 3.8) is 0 Å². The van der Waals surface area contributed by atoms with Crippen LogP contribution in [0.5, 0.6) is 0 Å². The largest absolute Gasteiger partial charge is 0.454 e. The van der Waals surface area contributed by atoms with E-state index in [4.69, 9.17) is 9.47 Å². The molecule has 4 nitrogen and oxygen atoms in total. The van der Waals surface area contributed by atoms with Crippen LogP contribution in [-0.2, 0) is 19.1 Å². The summed E-state index contributed by atoms with van der Waals surface area (Å²) < 4.78 is 10.5. The van der Waals surface area contributed by atoms with Crippen LogP contribution in [0.1, 0.15) is 33.1 Å². The normalized spacial score (nSPS) is 25.1. The Bertz CT molecular complexity index is 254. The minimum Gasteiger partial charge on any atom is -0.454 e. The molecule has 2 unspecified atom stereocenters. The van der Waals surface area contributed by atoms with Crippen LogP contribution in [0.3, 0.4) is 0 Å². The predicted octanol–water partition coefficient (Wildman–Crippen LogP) is 1.97. The van der Waals surface area contributed by atoms with E-state index in [1.165, 1.54) is 6.92 Å². The molecule has 0 aromatic rings. The molecular formula is C11H18O4S. The summed E-state index contributed by atoms with van der Waals surface area (Å²) in [5, 5.41) is -0.0359. The molecule has 92 valence electrons. The third-order valence-electron chi connectivity index (χ3n) is 2.62. The van der Waals surface area contributed by atoms with Gasteiger partial charge in [-0.25, -0.2) is 0 Å². The van der Waals surface area contributed by atoms with Gasteiger partial charge >= 0.3 is 5.97 Å². The van der Waals surface area contributed by atoms with Crippen LogP contribution in [-0.4, -0.2) is 29.7 Å². The highest BCUT2D eigenvalue weighted by atomic mass is 32.2. The Morgan fingerprint density at radius 3 is 2.88 bits per heavy atom. The molecule has 1 aliphatic rings. The second kappa shape index (κ2) is 6.91. The van der Waals surface area contributed by atoms with Crippen molar-refractivity contribution in [2.45, 2.75) is 39.2 Å². The summed E-state index contributed by atoms with van der Waals surface area (Å²) in [6.45, 7) is 4.13. The van der Waals surface area contributed by atoms with Crippen molar-refractivity contribution in [1.29, 1.82) is 0 Å². The van der Waals surface area contributed by atoms with Gasteiger partial charge in [0.2, 0.25) is 0 Å². The summed E-state index contributed by atoms with van der Waals surface area (Å²) in [5.74, 6) is -0.135. The molecule has 1 aliphatic heterocycles. The summed E-state index contributed by atoms with van der Waals surface area (Å²) >= 11 is 1.02. The number of esters is 1. The highest BCUT2D eigenvalue weighted by molar-refractivity contribution is 8.13. The summed E-state index contributed by atoms with van der Waals surface area (Å²) in [5.41, 5.74) is 0. The fourth-order valence-corrected chi connectivity index (χ4v) is 2.01. The fourth-order valence-electron chi connectivity index (χ4n) is 1.67. The number of hydrogen-bond acceptors (Lipinski definition) is 5. The van der Waals surface area contributed by atoms with Gasteiger partial charge in [-0.3, -0.25) is 9.59 Å². The standard InChI is InChI=1S/C11H18O4S/c1-3-10-6-9(4-5-14-10)11(13)15-7-16-8(2)12/h9-10H,3-7H2,1-2H3. The van der Waals surface area contributed by atoms with Gasteiger partial charge in [0.05, 0.1) is 12.0 Å². The van der Waals surface area contributed by atoms with Gasteiger partial charge in [0, 0.05) is 13.5 Å².